The Morgan fingerprint density at radius 3 is 2.29 bits per heavy atom. The van der Waals surface area contributed by atoms with Crippen molar-refractivity contribution in [2.45, 2.75) is 46.7 Å². The van der Waals surface area contributed by atoms with Crippen LogP contribution in [-0.2, 0) is 16.1 Å². The molecule has 0 aromatic heterocycles. The highest BCUT2D eigenvalue weighted by atomic mass is 79.9. The monoisotopic (exact) mass is 528 g/mol. The van der Waals surface area contributed by atoms with E-state index in [0.717, 1.165) is 22.0 Å². The fourth-order valence-corrected chi connectivity index (χ4v) is 3.80. The number of halogens is 3. The number of ether oxygens (including phenoxy) is 1. The zero-order valence-electron chi connectivity index (χ0n) is 18.1. The quantitative estimate of drug-likeness (QED) is 0.453. The van der Waals surface area contributed by atoms with E-state index in [1.165, 1.54) is 4.90 Å². The number of carbonyl (C=O) groups excluding carboxylic acids is 2. The summed E-state index contributed by atoms with van der Waals surface area (Å²) < 4.78 is 6.77. The van der Waals surface area contributed by atoms with E-state index in [2.05, 4.69) is 21.2 Å². The summed E-state index contributed by atoms with van der Waals surface area (Å²) in [7, 11) is 0. The van der Waals surface area contributed by atoms with E-state index in [0.29, 0.717) is 27.9 Å². The third-order valence-electron chi connectivity index (χ3n) is 4.88. The molecule has 2 aromatic rings. The van der Waals surface area contributed by atoms with Crippen LogP contribution in [0.2, 0.25) is 10.0 Å². The molecule has 0 aliphatic carbocycles. The van der Waals surface area contributed by atoms with Crippen LogP contribution < -0.4 is 10.1 Å². The number of hydrogen-bond acceptors (Lipinski definition) is 3. The Morgan fingerprint density at radius 1 is 1.16 bits per heavy atom. The van der Waals surface area contributed by atoms with Crippen LogP contribution in [0.15, 0.2) is 34.8 Å². The lowest BCUT2D eigenvalue weighted by Gasteiger charge is -2.29. The topological polar surface area (TPSA) is 58.6 Å². The number of nitrogens with zero attached hydrogens (tertiary/aromatic N) is 1. The first-order valence-corrected chi connectivity index (χ1v) is 11.6. The maximum absolute atomic E-state index is 13.1. The minimum atomic E-state index is -0.719. The van der Waals surface area contributed by atoms with E-state index in [1.54, 1.807) is 25.1 Å². The van der Waals surface area contributed by atoms with Crippen LogP contribution in [0.1, 0.15) is 37.0 Å². The predicted molar refractivity (Wildman–Crippen MR) is 129 cm³/mol. The minimum Gasteiger partial charge on any atom is -0.484 e. The number of amides is 2. The molecule has 0 fully saturated rings. The third-order valence-corrected chi connectivity index (χ3v) is 6.84. The highest BCUT2D eigenvalue weighted by molar-refractivity contribution is 9.10. The van der Waals surface area contributed by atoms with Crippen LogP contribution >= 0.6 is 39.1 Å². The second kappa shape index (κ2) is 11.7. The molecule has 0 heterocycles. The zero-order chi connectivity index (χ0) is 23.1. The molecular formula is C23H27BrCl2N2O3. The second-order valence-electron chi connectivity index (χ2n) is 7.35. The Morgan fingerprint density at radius 2 is 1.74 bits per heavy atom. The molecular weight excluding hydrogens is 503 g/mol. The number of aryl methyl sites for hydroxylation is 2. The SMILES string of the molecule is CCCNC(=O)[C@@H](C)N(Cc1c(Cl)cccc1Cl)C(=O)COc1cc(C)c(Br)c(C)c1. The van der Waals surface area contributed by atoms with Gasteiger partial charge in [-0.15, -0.1) is 0 Å². The highest BCUT2D eigenvalue weighted by Gasteiger charge is 2.27. The summed E-state index contributed by atoms with van der Waals surface area (Å²) in [6, 6.07) is 8.14. The highest BCUT2D eigenvalue weighted by Crippen LogP contribution is 2.28. The van der Waals surface area contributed by atoms with Crippen molar-refractivity contribution in [3.05, 3.63) is 61.5 Å². The average molecular weight is 530 g/mol. The Balaban J connectivity index is 2.24. The van der Waals surface area contributed by atoms with Crippen LogP contribution in [0.4, 0.5) is 0 Å². The molecule has 0 saturated heterocycles. The fourth-order valence-electron chi connectivity index (χ4n) is 3.05. The molecule has 0 saturated carbocycles. The molecule has 1 atom stereocenters. The Kier molecular flexibility index (Phi) is 9.66. The first-order valence-electron chi connectivity index (χ1n) is 10.0. The first kappa shape index (κ1) is 25.5. The maximum Gasteiger partial charge on any atom is 0.261 e. The number of benzene rings is 2. The Labute approximate surface area is 202 Å². The molecule has 31 heavy (non-hydrogen) atoms. The van der Waals surface area contributed by atoms with Gasteiger partial charge in [-0.05, 0) is 62.6 Å². The van der Waals surface area contributed by atoms with Gasteiger partial charge in [-0.1, -0.05) is 52.1 Å². The number of hydrogen-bond donors (Lipinski definition) is 1. The Hall–Kier alpha value is -1.76. The second-order valence-corrected chi connectivity index (χ2v) is 8.96. The van der Waals surface area contributed by atoms with E-state index >= 15 is 0 Å². The van der Waals surface area contributed by atoms with Gasteiger partial charge in [0.1, 0.15) is 11.8 Å². The van der Waals surface area contributed by atoms with Gasteiger partial charge in [0.25, 0.3) is 5.91 Å². The van der Waals surface area contributed by atoms with Crippen molar-refractivity contribution in [3.8, 4) is 5.75 Å². The van der Waals surface area contributed by atoms with Gasteiger partial charge in [0, 0.05) is 33.2 Å². The summed E-state index contributed by atoms with van der Waals surface area (Å²) in [6.45, 7) is 7.98. The molecule has 1 N–H and O–H groups in total. The summed E-state index contributed by atoms with van der Waals surface area (Å²) in [6.07, 6.45) is 0.800. The summed E-state index contributed by atoms with van der Waals surface area (Å²) in [5.41, 5.74) is 2.61. The van der Waals surface area contributed by atoms with Crippen LogP contribution in [0.5, 0.6) is 5.75 Å². The van der Waals surface area contributed by atoms with E-state index in [4.69, 9.17) is 27.9 Å². The van der Waals surface area contributed by atoms with Gasteiger partial charge in [-0.3, -0.25) is 9.59 Å². The zero-order valence-corrected chi connectivity index (χ0v) is 21.2. The van der Waals surface area contributed by atoms with Crippen molar-refractivity contribution >= 4 is 50.9 Å². The molecule has 2 aromatic carbocycles. The largest absolute Gasteiger partial charge is 0.484 e. The lowest BCUT2D eigenvalue weighted by Crippen LogP contribution is -2.49. The predicted octanol–water partition coefficient (Wildman–Crippen LogP) is 5.70. The lowest BCUT2D eigenvalue weighted by atomic mass is 10.1. The first-order chi connectivity index (χ1) is 14.6. The van der Waals surface area contributed by atoms with Gasteiger partial charge in [0.05, 0.1) is 0 Å². The molecule has 5 nitrogen and oxygen atoms in total. The number of carbonyl (C=O) groups is 2. The summed E-state index contributed by atoms with van der Waals surface area (Å²) in [4.78, 5) is 27.2. The van der Waals surface area contributed by atoms with Crippen molar-refractivity contribution in [1.82, 2.24) is 10.2 Å². The smallest absolute Gasteiger partial charge is 0.261 e. The van der Waals surface area contributed by atoms with Gasteiger partial charge in [0.2, 0.25) is 5.91 Å². The van der Waals surface area contributed by atoms with Crippen molar-refractivity contribution in [1.29, 1.82) is 0 Å². The minimum absolute atomic E-state index is 0.0970. The molecule has 2 amide bonds. The molecule has 0 bridgehead atoms. The molecule has 0 unspecified atom stereocenters. The van der Waals surface area contributed by atoms with E-state index in [1.807, 2.05) is 32.9 Å². The summed E-state index contributed by atoms with van der Waals surface area (Å²) in [5.74, 6) is 0.00688. The molecule has 2 rings (SSSR count). The van der Waals surface area contributed by atoms with Crippen LogP contribution in [0.3, 0.4) is 0 Å². The molecule has 0 aliphatic heterocycles. The average Bonchev–Trinajstić information content (AvgIpc) is 2.73. The van der Waals surface area contributed by atoms with Gasteiger partial charge >= 0.3 is 0 Å². The molecule has 8 heteroatoms. The van der Waals surface area contributed by atoms with Gasteiger partial charge < -0.3 is 15.0 Å². The van der Waals surface area contributed by atoms with Crippen LogP contribution in [0.25, 0.3) is 0 Å². The van der Waals surface area contributed by atoms with Crippen molar-refractivity contribution in [3.63, 3.8) is 0 Å². The molecule has 0 radical (unpaired) electrons. The Bertz CT molecular complexity index is 909. The van der Waals surface area contributed by atoms with E-state index in [-0.39, 0.29) is 25.0 Å². The van der Waals surface area contributed by atoms with E-state index < -0.39 is 6.04 Å². The van der Waals surface area contributed by atoms with Crippen molar-refractivity contribution < 1.29 is 14.3 Å². The summed E-state index contributed by atoms with van der Waals surface area (Å²) in [5, 5.41) is 3.71. The lowest BCUT2D eigenvalue weighted by molar-refractivity contribution is -0.142. The number of rotatable bonds is 9. The van der Waals surface area contributed by atoms with Gasteiger partial charge in [0.15, 0.2) is 6.61 Å². The molecule has 0 spiro atoms. The fraction of sp³-hybridized carbons (Fsp3) is 0.391. The summed E-state index contributed by atoms with van der Waals surface area (Å²) >= 11 is 16.1. The standard InChI is InChI=1S/C23H27BrCl2N2O3/c1-5-9-27-23(30)16(4)28(12-18-19(25)7-6-8-20(18)26)21(29)13-31-17-10-14(2)22(24)15(3)11-17/h6-8,10-11,16H,5,9,12-13H2,1-4H3,(H,27,30)/t16-/m1/s1. The van der Waals surface area contributed by atoms with Gasteiger partial charge in [-0.2, -0.15) is 0 Å². The maximum atomic E-state index is 13.1. The van der Waals surface area contributed by atoms with Crippen molar-refractivity contribution in [2.75, 3.05) is 13.2 Å². The van der Waals surface area contributed by atoms with Crippen LogP contribution in [0, 0.1) is 13.8 Å². The molecule has 168 valence electrons. The molecule has 0 aliphatic rings. The van der Waals surface area contributed by atoms with Gasteiger partial charge in [-0.25, -0.2) is 0 Å². The van der Waals surface area contributed by atoms with Crippen LogP contribution in [-0.4, -0.2) is 35.9 Å². The van der Waals surface area contributed by atoms with E-state index in [9.17, 15) is 9.59 Å². The normalized spacial score (nSPS) is 11.7. The van der Waals surface area contributed by atoms with Crippen molar-refractivity contribution in [2.24, 2.45) is 0 Å². The number of nitrogens with one attached hydrogen (secondary N) is 1. The third kappa shape index (κ3) is 6.86.